The molecule has 0 aromatic heterocycles. The Morgan fingerprint density at radius 2 is 1.68 bits per heavy atom. The first-order chi connectivity index (χ1) is 26.4. The number of amides is 1. The van der Waals surface area contributed by atoms with Crippen LogP contribution in [0.3, 0.4) is 0 Å². The fraction of sp³-hybridized carbons (Fsp3) is 0.727. The van der Waals surface area contributed by atoms with Crippen molar-refractivity contribution in [3.63, 3.8) is 0 Å². The number of hydrogen-bond donors (Lipinski definition) is 3. The maximum Gasteiger partial charge on any atom is 0.329 e. The van der Waals surface area contributed by atoms with E-state index in [0.29, 0.717) is 37.7 Å². The van der Waals surface area contributed by atoms with Crippen LogP contribution in [0.25, 0.3) is 0 Å². The van der Waals surface area contributed by atoms with Gasteiger partial charge >= 0.3 is 5.97 Å². The number of carbonyl (C=O) groups excluding carboxylic acids is 4. The Kier molecular flexibility index (Phi) is 16.4. The molecule has 3 heterocycles. The van der Waals surface area contributed by atoms with Gasteiger partial charge in [0.05, 0.1) is 18.3 Å². The number of carbonyl (C=O) groups is 4. The van der Waals surface area contributed by atoms with Crippen LogP contribution in [0.4, 0.5) is 0 Å². The molecule has 1 aliphatic carbocycles. The Labute approximate surface area is 333 Å². The number of Topliss-reactive ketones (excluding diaryl/α,β-unsaturated/α-hetero) is 2. The Bertz CT molecular complexity index is 1520. The molecule has 4 rings (SSSR count). The summed E-state index contributed by atoms with van der Waals surface area (Å²) in [5.74, 6) is -7.59. The minimum atomic E-state index is -2.53. The number of ether oxygens (including phenoxy) is 4. The van der Waals surface area contributed by atoms with Crippen molar-refractivity contribution in [1.82, 2.24) is 4.90 Å². The van der Waals surface area contributed by atoms with Gasteiger partial charge in [0.25, 0.3) is 11.7 Å². The van der Waals surface area contributed by atoms with E-state index in [9.17, 15) is 34.5 Å². The number of ketones is 2. The van der Waals surface area contributed by atoms with Crippen LogP contribution in [0.15, 0.2) is 47.6 Å². The molecule has 0 unspecified atom stereocenters. The molecule has 0 radical (unpaired) electrons. The van der Waals surface area contributed by atoms with E-state index in [-0.39, 0.29) is 49.5 Å². The molecule has 0 aromatic carbocycles. The monoisotopic (exact) mass is 785 g/mol. The molecule has 0 aromatic rings. The van der Waals surface area contributed by atoms with Crippen LogP contribution in [0.5, 0.6) is 0 Å². The van der Waals surface area contributed by atoms with Gasteiger partial charge < -0.3 is 39.2 Å². The molecular formula is C44H67NO11. The molecule has 13 atom stereocenters. The lowest BCUT2D eigenvalue weighted by Gasteiger charge is -2.46. The number of aliphatic hydroxyl groups is 3. The molecule has 314 valence electrons. The van der Waals surface area contributed by atoms with Crippen molar-refractivity contribution >= 4 is 23.4 Å². The molecular weight excluding hydrogens is 718 g/mol. The minimum absolute atomic E-state index is 0.0859. The fourth-order valence-corrected chi connectivity index (χ4v) is 9.09. The summed E-state index contributed by atoms with van der Waals surface area (Å²) < 4.78 is 24.1. The summed E-state index contributed by atoms with van der Waals surface area (Å²) in [7, 11) is 2.99. The number of rotatable bonds is 6. The zero-order valence-electron chi connectivity index (χ0n) is 34.8. The fourth-order valence-electron chi connectivity index (χ4n) is 9.09. The first-order valence-electron chi connectivity index (χ1n) is 20.5. The summed E-state index contributed by atoms with van der Waals surface area (Å²) in [5, 5.41) is 34.0. The number of aliphatic hydroxyl groups excluding tert-OH is 2. The summed E-state index contributed by atoms with van der Waals surface area (Å²) in [4.78, 5) is 57.7. The van der Waals surface area contributed by atoms with E-state index in [2.05, 4.69) is 6.58 Å². The number of nitrogens with zero attached hydrogens (tertiary/aromatic N) is 1. The molecule has 1 saturated carbocycles. The predicted molar refractivity (Wildman–Crippen MR) is 211 cm³/mol. The maximum absolute atomic E-state index is 14.3. The number of allylic oxidation sites excluding steroid dienone is 5. The standard InChI is InChI=1S/C44H67NO11/c1-10-13-32-19-25(2)18-26(3)20-37(53-8)40-38(54-9)23-29(6)44(52,56-40)41(49)42(50)45-17-12-11-14-33(45)43(51)55-39(30(7)35(47)24-36(32)48)28(5)22-31-15-16-34(46)27(4)21-31/h10,19-20,22,27,29-35,37-40,46-47,52H,1,11-18,21,23-24H2,2-9H3/b25-19-,26-20+,28-22+/t27-,29-,30-,31+,32-,33+,34-,35+,37+,38+,39-,40-,44-/m1/s1. The third-order valence-electron chi connectivity index (χ3n) is 12.6. The van der Waals surface area contributed by atoms with E-state index in [4.69, 9.17) is 18.9 Å². The summed E-state index contributed by atoms with van der Waals surface area (Å²) in [6.07, 6.45) is 6.91. The topological polar surface area (TPSA) is 169 Å². The third kappa shape index (κ3) is 10.7. The molecule has 12 nitrogen and oxygen atoms in total. The van der Waals surface area contributed by atoms with E-state index >= 15 is 0 Å². The molecule has 3 fully saturated rings. The van der Waals surface area contributed by atoms with Crippen molar-refractivity contribution in [2.24, 2.45) is 29.6 Å². The Hall–Kier alpha value is -3.00. The van der Waals surface area contributed by atoms with Gasteiger partial charge in [0.1, 0.15) is 30.1 Å². The van der Waals surface area contributed by atoms with E-state index in [0.717, 1.165) is 24.0 Å². The molecule has 3 aliphatic heterocycles. The Balaban J connectivity index is 1.80. The highest BCUT2D eigenvalue weighted by atomic mass is 16.7. The van der Waals surface area contributed by atoms with Gasteiger partial charge in [0.15, 0.2) is 0 Å². The van der Waals surface area contributed by atoms with Gasteiger partial charge in [-0.05, 0) is 96.0 Å². The number of piperidine rings is 1. The number of hydrogen-bond acceptors (Lipinski definition) is 11. The van der Waals surface area contributed by atoms with Crippen molar-refractivity contribution in [1.29, 1.82) is 0 Å². The molecule has 2 saturated heterocycles. The predicted octanol–water partition coefficient (Wildman–Crippen LogP) is 5.18. The van der Waals surface area contributed by atoms with Crippen LogP contribution < -0.4 is 0 Å². The highest BCUT2D eigenvalue weighted by molar-refractivity contribution is 6.39. The van der Waals surface area contributed by atoms with Crippen molar-refractivity contribution in [3.05, 3.63) is 47.6 Å². The molecule has 0 spiro atoms. The van der Waals surface area contributed by atoms with Crippen LogP contribution >= 0.6 is 0 Å². The van der Waals surface area contributed by atoms with Crippen molar-refractivity contribution < 1.29 is 53.4 Å². The van der Waals surface area contributed by atoms with Gasteiger partial charge in [-0.15, -0.1) is 6.58 Å². The quantitative estimate of drug-likeness (QED) is 0.184. The zero-order valence-corrected chi connectivity index (χ0v) is 34.8. The summed E-state index contributed by atoms with van der Waals surface area (Å²) in [5.41, 5.74) is 2.46. The van der Waals surface area contributed by atoms with Crippen LogP contribution in [-0.2, 0) is 38.1 Å². The zero-order chi connectivity index (χ0) is 41.5. The van der Waals surface area contributed by atoms with E-state index in [1.54, 1.807) is 19.9 Å². The average Bonchev–Trinajstić information content (AvgIpc) is 3.16. The third-order valence-corrected chi connectivity index (χ3v) is 12.6. The smallest absolute Gasteiger partial charge is 0.329 e. The lowest BCUT2D eigenvalue weighted by Crippen LogP contribution is -2.64. The minimum Gasteiger partial charge on any atom is -0.456 e. The van der Waals surface area contributed by atoms with E-state index < -0.39 is 77.8 Å². The average molecular weight is 786 g/mol. The van der Waals surface area contributed by atoms with E-state index in [1.165, 1.54) is 19.1 Å². The SMILES string of the molecule is C=CC[C@@H]1/C=C(/C)C/C(C)=C/[C@H](OC)[C@H]2O[C@@](O)(C(=O)C(=O)N3CCCC[C@H]3C(=O)O[C@H](/C(C)=C/[C@H]3CC[C@@H](O)[C@H](C)C3)[C@H](C)[C@@H](O)CC1=O)[C@H](C)C[C@@H]2OC. The van der Waals surface area contributed by atoms with Crippen molar-refractivity contribution in [2.75, 3.05) is 20.8 Å². The van der Waals surface area contributed by atoms with Gasteiger partial charge in [0, 0.05) is 44.9 Å². The molecule has 4 aliphatic rings. The van der Waals surface area contributed by atoms with Gasteiger partial charge in [0.2, 0.25) is 5.79 Å². The van der Waals surface area contributed by atoms with Crippen LogP contribution in [0.1, 0.15) is 106 Å². The molecule has 2 bridgehead atoms. The van der Waals surface area contributed by atoms with Crippen LogP contribution in [-0.4, -0.2) is 113 Å². The van der Waals surface area contributed by atoms with Gasteiger partial charge in [-0.25, -0.2) is 4.79 Å². The Morgan fingerprint density at radius 3 is 2.32 bits per heavy atom. The normalized spacial score (nSPS) is 41.0. The number of esters is 1. The summed E-state index contributed by atoms with van der Waals surface area (Å²) >= 11 is 0. The highest BCUT2D eigenvalue weighted by Gasteiger charge is 2.56. The van der Waals surface area contributed by atoms with Gasteiger partial charge in [-0.3, -0.25) is 14.4 Å². The van der Waals surface area contributed by atoms with Crippen LogP contribution in [0.2, 0.25) is 0 Å². The van der Waals surface area contributed by atoms with Crippen LogP contribution in [0, 0.1) is 29.6 Å². The largest absolute Gasteiger partial charge is 0.456 e. The first-order valence-corrected chi connectivity index (χ1v) is 20.5. The summed E-state index contributed by atoms with van der Waals surface area (Å²) in [6, 6.07) is -1.13. The highest BCUT2D eigenvalue weighted by Crippen LogP contribution is 2.38. The maximum atomic E-state index is 14.3. The number of cyclic esters (lactones) is 1. The number of fused-ring (bicyclic) bond motifs is 3. The summed E-state index contributed by atoms with van der Waals surface area (Å²) in [6.45, 7) is 15.0. The molecule has 12 heteroatoms. The second-order valence-corrected chi connectivity index (χ2v) is 17.0. The second-order valence-electron chi connectivity index (χ2n) is 17.0. The molecule has 1 amide bonds. The second kappa shape index (κ2) is 20.1. The van der Waals surface area contributed by atoms with Crippen molar-refractivity contribution in [2.45, 2.75) is 154 Å². The lowest BCUT2D eigenvalue weighted by atomic mass is 9.78. The number of methoxy groups -OCH3 is 2. The van der Waals surface area contributed by atoms with Crippen molar-refractivity contribution in [3.8, 4) is 0 Å². The Morgan fingerprint density at radius 1 is 0.982 bits per heavy atom. The van der Waals surface area contributed by atoms with E-state index in [1.807, 2.05) is 45.9 Å². The lowest BCUT2D eigenvalue weighted by molar-refractivity contribution is -0.298. The first kappa shape index (κ1) is 45.7. The molecule has 56 heavy (non-hydrogen) atoms. The van der Waals surface area contributed by atoms with Gasteiger partial charge in [-0.1, -0.05) is 56.2 Å². The molecule has 3 N–H and O–H groups in total. The van der Waals surface area contributed by atoms with Gasteiger partial charge in [-0.2, -0.15) is 0 Å².